The Hall–Kier alpha value is -2.19. The average molecular weight is 502 g/mol. The van der Waals surface area contributed by atoms with E-state index in [1.54, 1.807) is 24.3 Å². The summed E-state index contributed by atoms with van der Waals surface area (Å²) in [6.07, 6.45) is 5.44. The van der Waals surface area contributed by atoms with Crippen molar-refractivity contribution in [1.82, 2.24) is 14.1 Å². The van der Waals surface area contributed by atoms with Crippen LogP contribution >= 0.6 is 11.6 Å². The molecule has 34 heavy (non-hydrogen) atoms. The minimum absolute atomic E-state index is 0.101. The highest BCUT2D eigenvalue weighted by Gasteiger charge is 2.34. The number of piperazine rings is 1. The Morgan fingerprint density at radius 1 is 0.912 bits per heavy atom. The largest absolute Gasteiger partial charge is 0.340 e. The Balaban J connectivity index is 1.22. The number of sulfonamides is 1. The van der Waals surface area contributed by atoms with Crippen LogP contribution in [0.2, 0.25) is 5.02 Å². The molecule has 0 atom stereocenters. The summed E-state index contributed by atoms with van der Waals surface area (Å²) in [5.74, 6) is -0.0367. The first-order valence-electron chi connectivity index (χ1n) is 11.9. The van der Waals surface area contributed by atoms with E-state index in [1.165, 1.54) is 9.87 Å². The van der Waals surface area contributed by atoms with Gasteiger partial charge in [-0.3, -0.25) is 9.69 Å². The van der Waals surface area contributed by atoms with Gasteiger partial charge < -0.3 is 4.90 Å². The summed E-state index contributed by atoms with van der Waals surface area (Å²) in [4.78, 5) is 17.4. The number of amides is 1. The number of carbonyl (C=O) groups is 1. The Morgan fingerprint density at radius 2 is 1.56 bits per heavy atom. The van der Waals surface area contributed by atoms with Crippen molar-refractivity contribution in [2.75, 3.05) is 45.8 Å². The fraction of sp³-hybridized carbons (Fsp3) is 0.423. The van der Waals surface area contributed by atoms with Gasteiger partial charge in [-0.15, -0.1) is 0 Å². The van der Waals surface area contributed by atoms with Gasteiger partial charge >= 0.3 is 0 Å². The van der Waals surface area contributed by atoms with E-state index in [2.05, 4.69) is 29.2 Å². The van der Waals surface area contributed by atoms with E-state index in [4.69, 9.17) is 11.6 Å². The van der Waals surface area contributed by atoms with E-state index in [9.17, 15) is 13.2 Å². The molecular weight excluding hydrogens is 470 g/mol. The second kappa shape index (κ2) is 11.5. The van der Waals surface area contributed by atoms with Gasteiger partial charge in [-0.2, -0.15) is 0 Å². The van der Waals surface area contributed by atoms with Gasteiger partial charge in [-0.25, -0.2) is 12.7 Å². The lowest BCUT2D eigenvalue weighted by atomic mass is 9.96. The van der Waals surface area contributed by atoms with Crippen LogP contribution in [0.15, 0.2) is 60.7 Å². The van der Waals surface area contributed by atoms with Gasteiger partial charge in [0.1, 0.15) is 0 Å². The third kappa shape index (κ3) is 6.48. The molecule has 6 nitrogen and oxygen atoms in total. The van der Waals surface area contributed by atoms with E-state index in [0.717, 1.165) is 32.7 Å². The topological polar surface area (TPSA) is 60.9 Å². The van der Waals surface area contributed by atoms with Gasteiger partial charge in [0.05, 0.1) is 5.75 Å². The number of carbonyl (C=O) groups excluding carboxylic acids is 1. The number of piperidine rings is 1. The van der Waals surface area contributed by atoms with Gasteiger partial charge in [0.2, 0.25) is 15.9 Å². The molecule has 2 aromatic carbocycles. The van der Waals surface area contributed by atoms with Crippen LogP contribution in [0.4, 0.5) is 0 Å². The van der Waals surface area contributed by atoms with Crippen molar-refractivity contribution >= 4 is 33.6 Å². The van der Waals surface area contributed by atoms with Crippen molar-refractivity contribution in [2.45, 2.75) is 18.6 Å². The minimum atomic E-state index is -3.46. The Kier molecular flexibility index (Phi) is 8.42. The molecule has 2 aliphatic heterocycles. The number of rotatable bonds is 7. The molecule has 0 saturated carbocycles. The molecule has 0 aliphatic carbocycles. The molecule has 8 heteroatoms. The van der Waals surface area contributed by atoms with Crippen LogP contribution in [0.25, 0.3) is 6.08 Å². The molecule has 0 aromatic heterocycles. The van der Waals surface area contributed by atoms with Crippen molar-refractivity contribution in [3.05, 3.63) is 76.8 Å². The maximum atomic E-state index is 13.1. The Labute approximate surface area is 207 Å². The zero-order chi connectivity index (χ0) is 24.0. The molecular formula is C26H32ClN3O3S. The summed E-state index contributed by atoms with van der Waals surface area (Å²) in [7, 11) is -3.46. The number of benzene rings is 2. The van der Waals surface area contributed by atoms with Crippen LogP contribution in [0.3, 0.4) is 0 Å². The molecule has 0 bridgehead atoms. The number of halogens is 1. The summed E-state index contributed by atoms with van der Waals surface area (Å²) >= 11 is 6.15. The van der Waals surface area contributed by atoms with Crippen molar-refractivity contribution in [3.8, 4) is 0 Å². The van der Waals surface area contributed by atoms with Crippen molar-refractivity contribution < 1.29 is 13.2 Å². The maximum Gasteiger partial charge on any atom is 0.225 e. The molecule has 2 aromatic rings. The lowest BCUT2D eigenvalue weighted by molar-refractivity contribution is -0.138. The SMILES string of the molecule is O=C(C1CCN(S(=O)(=O)Cc2ccccc2Cl)CC1)N1CCN(C/C=C/c2ccccc2)CC1. The van der Waals surface area contributed by atoms with E-state index in [-0.39, 0.29) is 17.6 Å². The molecule has 2 saturated heterocycles. The molecule has 1 amide bonds. The molecule has 0 unspecified atom stereocenters. The number of nitrogens with zero attached hydrogens (tertiary/aromatic N) is 3. The summed E-state index contributed by atoms with van der Waals surface area (Å²) in [6.45, 7) is 4.80. The summed E-state index contributed by atoms with van der Waals surface area (Å²) in [5, 5.41) is 0.464. The molecule has 0 radical (unpaired) electrons. The lowest BCUT2D eigenvalue weighted by Crippen LogP contribution is -2.51. The van der Waals surface area contributed by atoms with Crippen LogP contribution in [0, 0.1) is 5.92 Å². The molecule has 4 rings (SSSR count). The highest BCUT2D eigenvalue weighted by atomic mass is 35.5. The highest BCUT2D eigenvalue weighted by Crippen LogP contribution is 2.25. The Bertz CT molecular complexity index is 1090. The maximum absolute atomic E-state index is 13.1. The fourth-order valence-electron chi connectivity index (χ4n) is 4.60. The predicted octanol–water partition coefficient (Wildman–Crippen LogP) is 3.74. The van der Waals surface area contributed by atoms with E-state index < -0.39 is 10.0 Å². The second-order valence-corrected chi connectivity index (χ2v) is 11.3. The summed E-state index contributed by atoms with van der Waals surface area (Å²) in [5.41, 5.74) is 1.80. The minimum Gasteiger partial charge on any atom is -0.340 e. The third-order valence-corrected chi connectivity index (χ3v) is 8.85. The molecule has 2 heterocycles. The predicted molar refractivity (Wildman–Crippen MR) is 137 cm³/mol. The van der Waals surface area contributed by atoms with E-state index >= 15 is 0 Å². The molecule has 0 N–H and O–H groups in total. The van der Waals surface area contributed by atoms with Crippen LogP contribution in [0.1, 0.15) is 24.0 Å². The van der Waals surface area contributed by atoms with Crippen molar-refractivity contribution in [1.29, 1.82) is 0 Å². The zero-order valence-corrected chi connectivity index (χ0v) is 20.9. The molecule has 182 valence electrons. The van der Waals surface area contributed by atoms with Gasteiger partial charge in [0.15, 0.2) is 0 Å². The first kappa shape index (κ1) is 24.9. The smallest absolute Gasteiger partial charge is 0.225 e. The van der Waals surface area contributed by atoms with E-state index in [0.29, 0.717) is 36.5 Å². The van der Waals surface area contributed by atoms with Gasteiger partial charge in [-0.05, 0) is 30.0 Å². The van der Waals surface area contributed by atoms with Gasteiger partial charge in [0, 0.05) is 56.8 Å². The summed E-state index contributed by atoms with van der Waals surface area (Å²) < 4.78 is 27.2. The van der Waals surface area contributed by atoms with Crippen LogP contribution < -0.4 is 0 Å². The quantitative estimate of drug-likeness (QED) is 0.580. The number of hydrogen-bond donors (Lipinski definition) is 0. The standard InChI is InChI=1S/C26H32ClN3O3S/c27-25-11-5-4-10-24(25)21-34(32,33)30-15-12-23(13-16-30)26(31)29-19-17-28(18-20-29)14-6-9-22-7-2-1-3-8-22/h1-11,23H,12-21H2/b9-6+. The van der Waals surface area contributed by atoms with Crippen LogP contribution in [0.5, 0.6) is 0 Å². The normalized spacial score (nSPS) is 19.0. The first-order valence-corrected chi connectivity index (χ1v) is 13.8. The van der Waals surface area contributed by atoms with Crippen LogP contribution in [-0.2, 0) is 20.6 Å². The van der Waals surface area contributed by atoms with Crippen molar-refractivity contribution in [3.63, 3.8) is 0 Å². The first-order chi connectivity index (χ1) is 16.4. The number of hydrogen-bond acceptors (Lipinski definition) is 4. The third-order valence-electron chi connectivity index (χ3n) is 6.65. The summed E-state index contributed by atoms with van der Waals surface area (Å²) in [6, 6.07) is 17.3. The highest BCUT2D eigenvalue weighted by molar-refractivity contribution is 7.88. The molecule has 2 fully saturated rings. The van der Waals surface area contributed by atoms with Gasteiger partial charge in [-0.1, -0.05) is 72.3 Å². The molecule has 2 aliphatic rings. The van der Waals surface area contributed by atoms with E-state index in [1.807, 2.05) is 23.1 Å². The fourth-order valence-corrected chi connectivity index (χ4v) is 6.47. The average Bonchev–Trinajstić information content (AvgIpc) is 2.86. The lowest BCUT2D eigenvalue weighted by Gasteiger charge is -2.38. The van der Waals surface area contributed by atoms with Crippen molar-refractivity contribution in [2.24, 2.45) is 5.92 Å². The van der Waals surface area contributed by atoms with Gasteiger partial charge in [0.25, 0.3) is 0 Å². The van der Waals surface area contributed by atoms with Crippen LogP contribution in [-0.4, -0.2) is 74.2 Å². The monoisotopic (exact) mass is 501 g/mol. The molecule has 0 spiro atoms. The Morgan fingerprint density at radius 3 is 2.24 bits per heavy atom. The second-order valence-electron chi connectivity index (χ2n) is 8.96. The zero-order valence-electron chi connectivity index (χ0n) is 19.4.